The predicted molar refractivity (Wildman–Crippen MR) is 79.7 cm³/mol. The van der Waals surface area contributed by atoms with Crippen LogP contribution in [0.1, 0.15) is 22.3 Å². The van der Waals surface area contributed by atoms with E-state index in [1.165, 1.54) is 30.0 Å². The van der Waals surface area contributed by atoms with Crippen LogP contribution in [0.3, 0.4) is 0 Å². The van der Waals surface area contributed by atoms with Gasteiger partial charge in [0.2, 0.25) is 0 Å². The summed E-state index contributed by atoms with van der Waals surface area (Å²) in [5.41, 5.74) is 0.212. The fraction of sp³-hybridized carbons (Fsp3) is 0.385. The average Bonchev–Trinajstić information content (AvgIpc) is 2.42. The number of nitro groups is 1. The van der Waals surface area contributed by atoms with E-state index in [1.54, 1.807) is 6.92 Å². The number of hydrogen-bond acceptors (Lipinski definition) is 5. The van der Waals surface area contributed by atoms with Crippen molar-refractivity contribution < 1.29 is 19.6 Å². The molecule has 1 rings (SSSR count). The molecule has 0 heterocycles. The molecule has 8 heteroatoms. The zero-order valence-electron chi connectivity index (χ0n) is 11.7. The number of carboxylic acid groups (broad SMARTS) is 1. The van der Waals surface area contributed by atoms with Crippen molar-refractivity contribution in [3.63, 3.8) is 0 Å². The number of carbonyl (C=O) groups is 2. The lowest BCUT2D eigenvalue weighted by Crippen LogP contribution is -2.41. The number of hydrogen-bond donors (Lipinski definition) is 2. The molecular weight excluding hydrogens is 296 g/mol. The van der Waals surface area contributed by atoms with Gasteiger partial charge in [0.15, 0.2) is 0 Å². The van der Waals surface area contributed by atoms with Gasteiger partial charge in [-0.1, -0.05) is 6.07 Å². The fourth-order valence-corrected chi connectivity index (χ4v) is 2.19. The van der Waals surface area contributed by atoms with Crippen molar-refractivity contribution in [1.82, 2.24) is 5.32 Å². The smallest absolute Gasteiger partial charge is 0.326 e. The number of carboxylic acids is 1. The van der Waals surface area contributed by atoms with Gasteiger partial charge in [0.05, 0.1) is 4.92 Å². The first-order valence-corrected chi connectivity index (χ1v) is 7.54. The highest BCUT2D eigenvalue weighted by Crippen LogP contribution is 2.20. The Morgan fingerprint density at radius 2 is 2.14 bits per heavy atom. The Morgan fingerprint density at radius 3 is 2.67 bits per heavy atom. The molecule has 1 aromatic carbocycles. The first kappa shape index (κ1) is 17.0. The molecule has 1 atom stereocenters. The van der Waals surface area contributed by atoms with Crippen LogP contribution < -0.4 is 5.32 Å². The minimum absolute atomic E-state index is 0.129. The SMILES string of the molecule is CSCC[C@@H](NC(=O)c1cc(C)ccc1[N+](=O)[O-])C(=O)O. The zero-order chi connectivity index (χ0) is 16.0. The molecule has 114 valence electrons. The Balaban J connectivity index is 2.99. The maximum atomic E-state index is 12.1. The lowest BCUT2D eigenvalue weighted by atomic mass is 10.1. The Kier molecular flexibility index (Phi) is 6.16. The van der Waals surface area contributed by atoms with E-state index in [4.69, 9.17) is 5.11 Å². The molecule has 0 saturated heterocycles. The molecule has 0 aliphatic heterocycles. The quantitative estimate of drug-likeness (QED) is 0.587. The Bertz CT molecular complexity index is 561. The summed E-state index contributed by atoms with van der Waals surface area (Å²) in [4.78, 5) is 33.5. The van der Waals surface area contributed by atoms with Crippen molar-refractivity contribution in [2.24, 2.45) is 0 Å². The summed E-state index contributed by atoms with van der Waals surface area (Å²) >= 11 is 1.46. The number of aliphatic carboxylic acids is 1. The number of rotatable bonds is 7. The van der Waals surface area contributed by atoms with Gasteiger partial charge < -0.3 is 10.4 Å². The van der Waals surface area contributed by atoms with Crippen LogP contribution in [-0.2, 0) is 4.79 Å². The average molecular weight is 312 g/mol. The largest absolute Gasteiger partial charge is 0.480 e. The number of aryl methyl sites for hydroxylation is 1. The summed E-state index contributed by atoms with van der Waals surface area (Å²) in [6, 6.07) is 3.07. The van der Waals surface area contributed by atoms with Gasteiger partial charge in [-0.3, -0.25) is 14.9 Å². The number of nitrogens with zero attached hydrogens (tertiary/aromatic N) is 1. The van der Waals surface area contributed by atoms with Crippen molar-refractivity contribution in [3.05, 3.63) is 39.4 Å². The Hall–Kier alpha value is -2.09. The van der Waals surface area contributed by atoms with Gasteiger partial charge in [-0.2, -0.15) is 11.8 Å². The van der Waals surface area contributed by atoms with Crippen LogP contribution >= 0.6 is 11.8 Å². The van der Waals surface area contributed by atoms with Crippen molar-refractivity contribution in [3.8, 4) is 0 Å². The second kappa shape index (κ2) is 7.63. The number of amides is 1. The fourth-order valence-electron chi connectivity index (χ4n) is 1.72. The topological polar surface area (TPSA) is 110 Å². The van der Waals surface area contributed by atoms with Crippen LogP contribution in [0, 0.1) is 17.0 Å². The maximum absolute atomic E-state index is 12.1. The second-order valence-corrected chi connectivity index (χ2v) is 5.41. The summed E-state index contributed by atoms with van der Waals surface area (Å²) in [5.74, 6) is -1.35. The lowest BCUT2D eigenvalue weighted by molar-refractivity contribution is -0.385. The number of benzene rings is 1. The predicted octanol–water partition coefficient (Wildman–Crippen LogP) is 1.84. The van der Waals surface area contributed by atoms with Gasteiger partial charge in [0.1, 0.15) is 11.6 Å². The van der Waals surface area contributed by atoms with Crippen LogP contribution in [-0.4, -0.2) is 40.0 Å². The molecule has 0 fully saturated rings. The van der Waals surface area contributed by atoms with Crippen molar-refractivity contribution in [1.29, 1.82) is 0 Å². The Morgan fingerprint density at radius 1 is 1.48 bits per heavy atom. The van der Waals surface area contributed by atoms with E-state index < -0.39 is 22.8 Å². The summed E-state index contributed by atoms with van der Waals surface area (Å²) < 4.78 is 0. The molecule has 1 aromatic rings. The van der Waals surface area contributed by atoms with E-state index in [2.05, 4.69) is 5.32 Å². The Labute approximate surface area is 125 Å². The highest BCUT2D eigenvalue weighted by Gasteiger charge is 2.25. The minimum atomic E-state index is -1.16. The molecule has 0 aliphatic rings. The molecule has 0 spiro atoms. The van der Waals surface area contributed by atoms with Crippen molar-refractivity contribution in [2.45, 2.75) is 19.4 Å². The van der Waals surface area contributed by atoms with Gasteiger partial charge >= 0.3 is 5.97 Å². The number of thioether (sulfide) groups is 1. The molecule has 0 aliphatic carbocycles. The normalized spacial score (nSPS) is 11.7. The third kappa shape index (κ3) is 4.75. The number of nitro benzene ring substituents is 1. The molecule has 0 radical (unpaired) electrons. The molecule has 7 nitrogen and oxygen atoms in total. The monoisotopic (exact) mass is 312 g/mol. The van der Waals surface area contributed by atoms with E-state index in [0.717, 1.165) is 0 Å². The summed E-state index contributed by atoms with van der Waals surface area (Å²) in [6.07, 6.45) is 2.08. The van der Waals surface area contributed by atoms with Gasteiger partial charge in [-0.25, -0.2) is 4.79 Å². The first-order valence-electron chi connectivity index (χ1n) is 6.14. The summed E-state index contributed by atoms with van der Waals surface area (Å²) in [5, 5.41) is 22.3. The summed E-state index contributed by atoms with van der Waals surface area (Å²) in [6.45, 7) is 1.70. The van der Waals surface area contributed by atoms with Crippen molar-refractivity contribution in [2.75, 3.05) is 12.0 Å². The number of carbonyl (C=O) groups excluding carboxylic acids is 1. The maximum Gasteiger partial charge on any atom is 0.326 e. The zero-order valence-corrected chi connectivity index (χ0v) is 12.5. The highest BCUT2D eigenvalue weighted by molar-refractivity contribution is 7.98. The van der Waals surface area contributed by atoms with E-state index >= 15 is 0 Å². The molecular formula is C13H16N2O5S. The molecule has 2 N–H and O–H groups in total. The highest BCUT2D eigenvalue weighted by atomic mass is 32.2. The molecule has 0 saturated carbocycles. The number of nitrogens with one attached hydrogen (secondary N) is 1. The molecule has 1 amide bonds. The first-order chi connectivity index (χ1) is 9.86. The van der Waals surface area contributed by atoms with Gasteiger partial charge in [0, 0.05) is 6.07 Å². The van der Waals surface area contributed by atoms with Crippen LogP contribution in [0.2, 0.25) is 0 Å². The van der Waals surface area contributed by atoms with Crippen LogP contribution in [0.4, 0.5) is 5.69 Å². The molecule has 0 unspecified atom stereocenters. The van der Waals surface area contributed by atoms with Gasteiger partial charge in [-0.05, 0) is 37.0 Å². The van der Waals surface area contributed by atoms with E-state index in [0.29, 0.717) is 11.3 Å². The summed E-state index contributed by atoms with van der Waals surface area (Å²) in [7, 11) is 0. The van der Waals surface area contributed by atoms with Crippen LogP contribution in [0.5, 0.6) is 0 Å². The van der Waals surface area contributed by atoms with Crippen LogP contribution in [0.25, 0.3) is 0 Å². The van der Waals surface area contributed by atoms with E-state index in [1.807, 2.05) is 6.26 Å². The third-order valence-corrected chi connectivity index (χ3v) is 3.45. The van der Waals surface area contributed by atoms with Gasteiger partial charge in [-0.15, -0.1) is 0 Å². The molecule has 21 heavy (non-hydrogen) atoms. The standard InChI is InChI=1S/C13H16N2O5S/c1-8-3-4-11(15(19)20)9(7-8)12(16)14-10(13(17)18)5-6-21-2/h3-4,7,10H,5-6H2,1-2H3,(H,14,16)(H,17,18)/t10-/m1/s1. The van der Waals surface area contributed by atoms with Crippen molar-refractivity contribution >= 4 is 29.3 Å². The van der Waals surface area contributed by atoms with Gasteiger partial charge in [0.25, 0.3) is 11.6 Å². The molecule has 0 aromatic heterocycles. The minimum Gasteiger partial charge on any atom is -0.480 e. The lowest BCUT2D eigenvalue weighted by Gasteiger charge is -2.14. The molecule has 0 bridgehead atoms. The van der Waals surface area contributed by atoms with Crippen LogP contribution in [0.15, 0.2) is 18.2 Å². The van der Waals surface area contributed by atoms with E-state index in [-0.39, 0.29) is 17.7 Å². The van der Waals surface area contributed by atoms with E-state index in [9.17, 15) is 19.7 Å². The third-order valence-electron chi connectivity index (χ3n) is 2.81. The second-order valence-electron chi connectivity index (χ2n) is 4.42.